The molecule has 0 unspecified atom stereocenters. The Kier molecular flexibility index (Phi) is 4.91. The number of hydrogen-bond donors (Lipinski definition) is 0. The van der Waals surface area contributed by atoms with Crippen molar-refractivity contribution in [3.05, 3.63) is 50.0 Å². The number of carbonyl (C=O) groups is 1. The van der Waals surface area contributed by atoms with Gasteiger partial charge in [-0.3, -0.25) is 9.59 Å². The smallest absolute Gasteiger partial charge is 0.251 e. The lowest BCUT2D eigenvalue weighted by Gasteiger charge is -2.16. The summed E-state index contributed by atoms with van der Waals surface area (Å²) < 4.78 is 28.1. The summed E-state index contributed by atoms with van der Waals surface area (Å²) in [5.74, 6) is -0.287. The molecule has 0 aromatic carbocycles. The van der Waals surface area contributed by atoms with Crippen LogP contribution in [0.3, 0.4) is 0 Å². The second-order valence-electron chi connectivity index (χ2n) is 5.47. The third-order valence-corrected chi connectivity index (χ3v) is 6.98. The van der Waals surface area contributed by atoms with Crippen LogP contribution >= 0.6 is 22.9 Å². The van der Waals surface area contributed by atoms with Crippen LogP contribution in [0.25, 0.3) is 0 Å². The van der Waals surface area contributed by atoms with Crippen molar-refractivity contribution >= 4 is 38.7 Å². The largest absolute Gasteiger partial charge is 0.306 e. The molecule has 9 heteroatoms. The second-order valence-corrected chi connectivity index (χ2v) is 9.12. The van der Waals surface area contributed by atoms with E-state index in [0.717, 1.165) is 28.7 Å². The first kappa shape index (κ1) is 17.3. The topological polar surface area (TPSA) is 76.5 Å². The van der Waals surface area contributed by atoms with Gasteiger partial charge < -0.3 is 4.57 Å². The van der Waals surface area contributed by atoms with Gasteiger partial charge in [-0.1, -0.05) is 11.6 Å². The molecule has 0 N–H and O–H groups in total. The summed E-state index contributed by atoms with van der Waals surface area (Å²) in [6.45, 7) is 0.737. The first-order chi connectivity index (χ1) is 11.4. The van der Waals surface area contributed by atoms with Crippen LogP contribution < -0.4 is 5.56 Å². The number of sulfonamides is 1. The summed E-state index contributed by atoms with van der Waals surface area (Å²) in [6.07, 6.45) is 2.90. The molecule has 128 valence electrons. The Morgan fingerprint density at radius 2 is 1.88 bits per heavy atom. The van der Waals surface area contributed by atoms with E-state index in [9.17, 15) is 18.0 Å². The fourth-order valence-corrected chi connectivity index (χ4v) is 5.07. The summed E-state index contributed by atoms with van der Waals surface area (Å²) >= 11 is 6.93. The highest BCUT2D eigenvalue weighted by atomic mass is 35.5. The molecule has 3 rings (SSSR count). The highest BCUT2D eigenvalue weighted by Crippen LogP contribution is 2.23. The fraction of sp³-hybridized carbons (Fsp3) is 0.333. The standard InChI is InChI=1S/C15H15ClN2O4S2/c16-14-5-4-13(23-14)12(19)10-17-9-11(3-6-15(17)20)24(21,22)18-7-1-2-8-18/h3-6,9H,1-2,7-8,10H2. The first-order valence-corrected chi connectivity index (χ1v) is 10.0. The van der Waals surface area contributed by atoms with Crippen LogP contribution in [0.2, 0.25) is 4.34 Å². The number of halogens is 1. The quantitative estimate of drug-likeness (QED) is 0.738. The summed E-state index contributed by atoms with van der Waals surface area (Å²) in [4.78, 5) is 24.7. The molecular weight excluding hydrogens is 372 g/mol. The van der Waals surface area contributed by atoms with Crippen molar-refractivity contribution in [2.75, 3.05) is 13.1 Å². The molecule has 0 atom stereocenters. The van der Waals surface area contributed by atoms with E-state index in [1.54, 1.807) is 12.1 Å². The van der Waals surface area contributed by atoms with E-state index in [1.807, 2.05) is 0 Å². The Hall–Kier alpha value is -1.48. The van der Waals surface area contributed by atoms with Gasteiger partial charge >= 0.3 is 0 Å². The molecule has 0 bridgehead atoms. The maximum atomic E-state index is 12.6. The molecule has 1 aliphatic heterocycles. The number of rotatable bonds is 5. The normalized spacial score (nSPS) is 15.7. The minimum atomic E-state index is -3.63. The molecule has 0 aliphatic carbocycles. The van der Waals surface area contributed by atoms with Crippen LogP contribution in [0.5, 0.6) is 0 Å². The van der Waals surface area contributed by atoms with E-state index in [2.05, 4.69) is 0 Å². The number of thiophene rings is 1. The average Bonchev–Trinajstić information content (AvgIpc) is 3.20. The molecular formula is C15H15ClN2O4S2. The van der Waals surface area contributed by atoms with E-state index in [1.165, 1.54) is 22.6 Å². The molecule has 1 saturated heterocycles. The van der Waals surface area contributed by atoms with Crippen molar-refractivity contribution in [2.45, 2.75) is 24.3 Å². The van der Waals surface area contributed by atoms with Crippen molar-refractivity contribution in [2.24, 2.45) is 0 Å². The van der Waals surface area contributed by atoms with Gasteiger partial charge in [-0.05, 0) is 31.0 Å². The molecule has 3 heterocycles. The summed E-state index contributed by atoms with van der Waals surface area (Å²) in [5, 5.41) is 0. The van der Waals surface area contributed by atoms with E-state index in [-0.39, 0.29) is 17.2 Å². The number of nitrogens with zero attached hydrogens (tertiary/aromatic N) is 2. The Balaban J connectivity index is 1.89. The zero-order chi connectivity index (χ0) is 17.3. The Bertz CT molecular complexity index is 927. The van der Waals surface area contributed by atoms with Crippen molar-refractivity contribution in [1.82, 2.24) is 8.87 Å². The predicted octanol–water partition coefficient (Wildman–Crippen LogP) is 2.23. The highest BCUT2D eigenvalue weighted by molar-refractivity contribution is 7.89. The van der Waals surface area contributed by atoms with E-state index in [0.29, 0.717) is 22.3 Å². The van der Waals surface area contributed by atoms with E-state index < -0.39 is 15.6 Å². The van der Waals surface area contributed by atoms with Gasteiger partial charge in [-0.2, -0.15) is 4.31 Å². The monoisotopic (exact) mass is 386 g/mol. The molecule has 0 saturated carbocycles. The lowest BCUT2D eigenvalue weighted by Crippen LogP contribution is -2.30. The zero-order valence-corrected chi connectivity index (χ0v) is 15.0. The minimum absolute atomic E-state index is 0.0287. The van der Waals surface area contributed by atoms with Crippen molar-refractivity contribution in [1.29, 1.82) is 0 Å². The van der Waals surface area contributed by atoms with Gasteiger partial charge in [0.05, 0.1) is 20.7 Å². The average molecular weight is 387 g/mol. The molecule has 24 heavy (non-hydrogen) atoms. The first-order valence-electron chi connectivity index (χ1n) is 7.37. The van der Waals surface area contributed by atoms with Crippen LogP contribution in [-0.4, -0.2) is 36.2 Å². The number of carbonyl (C=O) groups excluding carboxylic acids is 1. The maximum Gasteiger partial charge on any atom is 0.251 e. The van der Waals surface area contributed by atoms with Crippen LogP contribution in [0.15, 0.2) is 40.2 Å². The van der Waals surface area contributed by atoms with Crippen LogP contribution in [0, 0.1) is 0 Å². The van der Waals surface area contributed by atoms with E-state index in [4.69, 9.17) is 11.6 Å². The molecule has 2 aromatic heterocycles. The third-order valence-electron chi connectivity index (χ3n) is 3.82. The Labute approximate surface area is 148 Å². The van der Waals surface area contributed by atoms with Gasteiger partial charge in [0.1, 0.15) is 0 Å². The second kappa shape index (κ2) is 6.79. The molecule has 1 fully saturated rings. The maximum absolute atomic E-state index is 12.6. The van der Waals surface area contributed by atoms with Gasteiger partial charge in [0.25, 0.3) is 5.56 Å². The number of Topliss-reactive ketones (excluding diaryl/α,β-unsaturated/α-hetero) is 1. The lowest BCUT2D eigenvalue weighted by atomic mass is 10.3. The molecule has 0 spiro atoms. The van der Waals surface area contributed by atoms with Crippen LogP contribution in [0.4, 0.5) is 0 Å². The van der Waals surface area contributed by atoms with Crippen molar-refractivity contribution < 1.29 is 13.2 Å². The number of hydrogen-bond acceptors (Lipinski definition) is 5. The van der Waals surface area contributed by atoms with Gasteiger partial charge in [0.2, 0.25) is 10.0 Å². The summed E-state index contributed by atoms with van der Waals surface area (Å²) in [5.41, 5.74) is -0.425. The molecule has 6 nitrogen and oxygen atoms in total. The number of ketones is 1. The fourth-order valence-electron chi connectivity index (χ4n) is 2.56. The molecule has 1 aliphatic rings. The lowest BCUT2D eigenvalue weighted by molar-refractivity contribution is 0.0974. The van der Waals surface area contributed by atoms with Crippen molar-refractivity contribution in [3.63, 3.8) is 0 Å². The SMILES string of the molecule is O=C(Cn1cc(S(=O)(=O)N2CCCC2)ccc1=O)c1ccc(Cl)s1. The molecule has 0 amide bonds. The third kappa shape index (κ3) is 3.46. The van der Waals surface area contributed by atoms with Crippen LogP contribution in [-0.2, 0) is 16.6 Å². The molecule has 0 radical (unpaired) electrons. The Morgan fingerprint density at radius 3 is 2.50 bits per heavy atom. The van der Waals surface area contributed by atoms with Gasteiger partial charge in [0, 0.05) is 25.4 Å². The number of pyridine rings is 1. The molecule has 2 aromatic rings. The van der Waals surface area contributed by atoms with E-state index >= 15 is 0 Å². The summed E-state index contributed by atoms with van der Waals surface area (Å²) in [6, 6.07) is 5.66. The predicted molar refractivity (Wildman–Crippen MR) is 92.4 cm³/mol. The minimum Gasteiger partial charge on any atom is -0.306 e. The van der Waals surface area contributed by atoms with Gasteiger partial charge in [0.15, 0.2) is 5.78 Å². The summed E-state index contributed by atoms with van der Waals surface area (Å²) in [7, 11) is -3.63. The Morgan fingerprint density at radius 1 is 1.17 bits per heavy atom. The number of aromatic nitrogens is 1. The highest BCUT2D eigenvalue weighted by Gasteiger charge is 2.27. The van der Waals surface area contributed by atoms with Gasteiger partial charge in [-0.15, -0.1) is 11.3 Å². The van der Waals surface area contributed by atoms with Crippen LogP contribution in [0.1, 0.15) is 22.5 Å². The van der Waals surface area contributed by atoms with Gasteiger partial charge in [-0.25, -0.2) is 8.42 Å². The van der Waals surface area contributed by atoms with Crippen molar-refractivity contribution in [3.8, 4) is 0 Å². The zero-order valence-electron chi connectivity index (χ0n) is 12.6.